The van der Waals surface area contributed by atoms with Crippen molar-refractivity contribution in [3.63, 3.8) is 0 Å². The number of piperazine rings is 1. The molecule has 0 bridgehead atoms. The van der Waals surface area contributed by atoms with E-state index in [1.165, 1.54) is 0 Å². The van der Waals surface area contributed by atoms with E-state index in [1.54, 1.807) is 23.2 Å². The van der Waals surface area contributed by atoms with Crippen molar-refractivity contribution in [2.75, 3.05) is 49.1 Å². The van der Waals surface area contributed by atoms with Gasteiger partial charge in [0.05, 0.1) is 29.8 Å². The molecule has 2 aromatic carbocycles. The molecule has 0 radical (unpaired) electrons. The van der Waals surface area contributed by atoms with Crippen LogP contribution in [0.5, 0.6) is 0 Å². The second-order valence-corrected chi connectivity index (χ2v) is 9.12. The van der Waals surface area contributed by atoms with E-state index in [2.05, 4.69) is 19.7 Å². The average Bonchev–Trinajstić information content (AvgIpc) is 2.80. The third-order valence-corrected chi connectivity index (χ3v) is 6.94. The van der Waals surface area contributed by atoms with Gasteiger partial charge >= 0.3 is 0 Å². The first-order valence-electron chi connectivity index (χ1n) is 10.9. The maximum absolute atomic E-state index is 14.8. The number of nitro benzene ring substituents is 1. The van der Waals surface area contributed by atoms with Crippen molar-refractivity contribution in [1.29, 1.82) is 0 Å². The van der Waals surface area contributed by atoms with Gasteiger partial charge in [0.15, 0.2) is 11.5 Å². The SMILES string of the molecule is CC1CCN(c2cc(N3CCN([N+](O)(S)c4ccccc4)CC3)c([N+](=O)[O-])cc2F)CC1. The lowest BCUT2D eigenvalue weighted by molar-refractivity contribution is -0.384. The Labute approximate surface area is 192 Å². The molecule has 2 saturated heterocycles. The van der Waals surface area contributed by atoms with Gasteiger partial charge in [-0.1, -0.05) is 25.1 Å². The van der Waals surface area contributed by atoms with E-state index in [9.17, 15) is 19.7 Å². The molecule has 0 saturated carbocycles. The summed E-state index contributed by atoms with van der Waals surface area (Å²) in [5.74, 6) is 0.0433. The zero-order chi connectivity index (χ0) is 22.9. The molecule has 2 fully saturated rings. The Morgan fingerprint density at radius 1 is 1.03 bits per heavy atom. The number of benzene rings is 2. The van der Waals surface area contributed by atoms with Crippen LogP contribution in [0.2, 0.25) is 0 Å². The van der Waals surface area contributed by atoms with E-state index in [4.69, 9.17) is 0 Å². The van der Waals surface area contributed by atoms with Crippen molar-refractivity contribution >= 4 is 35.6 Å². The summed E-state index contributed by atoms with van der Waals surface area (Å²) in [4.78, 5) is 15.0. The molecule has 0 spiro atoms. The van der Waals surface area contributed by atoms with E-state index in [0.29, 0.717) is 49.2 Å². The fraction of sp³-hybridized carbons (Fsp3) is 0.455. The number of halogens is 1. The summed E-state index contributed by atoms with van der Waals surface area (Å²) in [7, 11) is 0. The highest BCUT2D eigenvalue weighted by Gasteiger charge is 2.38. The number of hydrogen-bond acceptors (Lipinski definition) is 7. The molecular weight excluding hydrogens is 433 g/mol. The standard InChI is InChI=1S/C22H29FN5O3S/c1-17-7-9-24(10-8-17)20-16-21(22(27(29)30)15-19(20)23)25-11-13-26(14-12-25)28(31,32)18-5-3-2-4-6-18/h2-6,15-17,31-32H,7-14H2,1H3/q+1. The molecule has 0 aliphatic carbocycles. The number of rotatable bonds is 5. The normalized spacial score (nSPS) is 20.2. The summed E-state index contributed by atoms with van der Waals surface area (Å²) < 4.78 is 14.1. The second-order valence-electron chi connectivity index (χ2n) is 8.56. The molecule has 172 valence electrons. The molecule has 1 atom stereocenters. The fourth-order valence-electron chi connectivity index (χ4n) is 4.44. The van der Waals surface area contributed by atoms with E-state index in [1.807, 2.05) is 28.0 Å². The van der Waals surface area contributed by atoms with E-state index < -0.39 is 14.9 Å². The molecule has 1 N–H and O–H groups in total. The summed E-state index contributed by atoms with van der Waals surface area (Å²) in [6, 6.07) is 11.8. The van der Waals surface area contributed by atoms with Crippen LogP contribution in [0, 0.1) is 21.8 Å². The molecule has 8 nitrogen and oxygen atoms in total. The largest absolute Gasteiger partial charge is 0.369 e. The molecule has 2 aromatic rings. The number of nitro groups is 1. The van der Waals surface area contributed by atoms with Crippen LogP contribution >= 0.6 is 12.8 Å². The van der Waals surface area contributed by atoms with Crippen LogP contribution < -0.4 is 14.0 Å². The summed E-state index contributed by atoms with van der Waals surface area (Å²) >= 11 is 4.43. The lowest BCUT2D eigenvalue weighted by Gasteiger charge is -2.40. The van der Waals surface area contributed by atoms with Crippen LogP contribution in [0.1, 0.15) is 19.8 Å². The van der Waals surface area contributed by atoms with Crippen molar-refractivity contribution in [2.24, 2.45) is 5.92 Å². The van der Waals surface area contributed by atoms with Crippen LogP contribution in [0.25, 0.3) is 0 Å². The summed E-state index contributed by atoms with van der Waals surface area (Å²) in [6.07, 6.45) is 1.95. The first kappa shape index (κ1) is 22.8. The number of anilines is 2. The van der Waals surface area contributed by atoms with Crippen LogP contribution in [0.3, 0.4) is 0 Å². The minimum Gasteiger partial charge on any atom is -0.369 e. The molecule has 0 amide bonds. The second kappa shape index (κ2) is 9.22. The Balaban J connectivity index is 1.56. The lowest BCUT2D eigenvalue weighted by Crippen LogP contribution is -2.60. The lowest BCUT2D eigenvalue weighted by atomic mass is 9.98. The van der Waals surface area contributed by atoms with Crippen molar-refractivity contribution in [3.05, 3.63) is 58.4 Å². The monoisotopic (exact) mass is 462 g/mol. The van der Waals surface area contributed by atoms with Crippen molar-refractivity contribution in [1.82, 2.24) is 9.17 Å². The Bertz CT molecular complexity index is 962. The average molecular weight is 463 g/mol. The predicted octanol–water partition coefficient (Wildman–Crippen LogP) is 4.25. The van der Waals surface area contributed by atoms with Gasteiger partial charge in [-0.15, -0.1) is 5.01 Å². The molecule has 0 aromatic heterocycles. The van der Waals surface area contributed by atoms with Gasteiger partial charge in [0.2, 0.25) is 0 Å². The first-order chi connectivity index (χ1) is 15.3. The first-order valence-corrected chi connectivity index (χ1v) is 11.3. The molecule has 2 aliphatic rings. The van der Waals surface area contributed by atoms with Crippen LogP contribution in [0.4, 0.5) is 27.1 Å². The number of thiol groups is 1. The van der Waals surface area contributed by atoms with Crippen molar-refractivity contribution in [3.8, 4) is 0 Å². The number of nitrogens with zero attached hydrogens (tertiary/aromatic N) is 5. The van der Waals surface area contributed by atoms with Gasteiger partial charge in [-0.25, -0.2) is 4.39 Å². The van der Waals surface area contributed by atoms with Gasteiger partial charge in [0, 0.05) is 38.3 Å². The number of piperidine rings is 1. The van der Waals surface area contributed by atoms with Gasteiger partial charge < -0.3 is 9.80 Å². The van der Waals surface area contributed by atoms with Gasteiger partial charge in [-0.05, 0) is 29.0 Å². The number of quaternary nitrogens is 1. The smallest absolute Gasteiger partial charge is 0.295 e. The summed E-state index contributed by atoms with van der Waals surface area (Å²) in [6.45, 7) is 5.41. The maximum Gasteiger partial charge on any atom is 0.295 e. The van der Waals surface area contributed by atoms with E-state index >= 15 is 0 Å². The minimum atomic E-state index is -0.683. The highest BCUT2D eigenvalue weighted by Crippen LogP contribution is 2.37. The van der Waals surface area contributed by atoms with Crippen molar-refractivity contribution in [2.45, 2.75) is 19.8 Å². The Hall–Kier alpha value is -2.40. The molecule has 2 aliphatic heterocycles. The third kappa shape index (κ3) is 4.54. The Kier molecular flexibility index (Phi) is 6.57. The number of para-hydroxylation sites is 1. The minimum absolute atomic E-state index is 0.233. The quantitative estimate of drug-likeness (QED) is 0.300. The topological polar surface area (TPSA) is 73.1 Å². The van der Waals surface area contributed by atoms with E-state index in [0.717, 1.165) is 32.0 Å². The highest BCUT2D eigenvalue weighted by atomic mass is 32.1. The molecule has 10 heteroatoms. The fourth-order valence-corrected chi connectivity index (χ4v) is 4.75. The molecule has 32 heavy (non-hydrogen) atoms. The van der Waals surface area contributed by atoms with Gasteiger partial charge in [-0.2, -0.15) is 5.21 Å². The highest BCUT2D eigenvalue weighted by molar-refractivity contribution is 7.79. The van der Waals surface area contributed by atoms with Gasteiger partial charge in [-0.3, -0.25) is 10.1 Å². The van der Waals surface area contributed by atoms with Crippen LogP contribution in [0.15, 0.2) is 42.5 Å². The number of hydrogen-bond donors (Lipinski definition) is 2. The molecule has 2 heterocycles. The van der Waals surface area contributed by atoms with Crippen LogP contribution in [-0.2, 0) is 0 Å². The predicted molar refractivity (Wildman–Crippen MR) is 126 cm³/mol. The molecular formula is C22H29FN5O3S+. The third-order valence-electron chi connectivity index (χ3n) is 6.46. The van der Waals surface area contributed by atoms with Crippen molar-refractivity contribution < 1.29 is 14.5 Å². The Morgan fingerprint density at radius 3 is 2.22 bits per heavy atom. The zero-order valence-corrected chi connectivity index (χ0v) is 19.0. The Morgan fingerprint density at radius 2 is 1.62 bits per heavy atom. The van der Waals surface area contributed by atoms with Gasteiger partial charge in [0.25, 0.3) is 5.69 Å². The molecule has 1 unspecified atom stereocenters. The summed E-state index contributed by atoms with van der Waals surface area (Å²) in [5, 5.41) is 24.4. The van der Waals surface area contributed by atoms with Gasteiger partial charge in [0.1, 0.15) is 18.5 Å². The maximum atomic E-state index is 14.8. The summed E-state index contributed by atoms with van der Waals surface area (Å²) in [5.41, 5.74) is 1.22. The van der Waals surface area contributed by atoms with E-state index in [-0.39, 0.29) is 5.69 Å². The van der Waals surface area contributed by atoms with Crippen LogP contribution in [-0.4, -0.2) is 54.4 Å². The molecule has 4 rings (SSSR count). The zero-order valence-electron chi connectivity index (χ0n) is 18.1.